The smallest absolute Gasteiger partial charge is 0.0218 e. The van der Waals surface area contributed by atoms with Crippen LogP contribution in [0.15, 0.2) is 24.3 Å². The van der Waals surface area contributed by atoms with Gasteiger partial charge in [-0.1, -0.05) is 32.0 Å². The Kier molecular flexibility index (Phi) is 2.84. The lowest BCUT2D eigenvalue weighted by Gasteiger charge is -2.07. The van der Waals surface area contributed by atoms with Gasteiger partial charge in [-0.25, -0.2) is 0 Å². The third kappa shape index (κ3) is 2.28. The second kappa shape index (κ2) is 3.81. The van der Waals surface area contributed by atoms with Crippen molar-refractivity contribution in [2.24, 2.45) is 5.41 Å². The quantitative estimate of drug-likeness (QED) is 0.846. The number of hydrogen-bond acceptors (Lipinski definition) is 1. The molecule has 1 N–H and O–H groups in total. The van der Waals surface area contributed by atoms with Crippen molar-refractivity contribution in [2.75, 3.05) is 0 Å². The summed E-state index contributed by atoms with van der Waals surface area (Å²) in [7, 11) is 0. The van der Waals surface area contributed by atoms with E-state index in [9.17, 15) is 0 Å². The summed E-state index contributed by atoms with van der Waals surface area (Å²) in [5.41, 5.74) is 1.94. The predicted molar refractivity (Wildman–Crippen MR) is 68.2 cm³/mol. The highest BCUT2D eigenvalue weighted by Crippen LogP contribution is 2.44. The molecule has 0 amide bonds. The van der Waals surface area contributed by atoms with E-state index >= 15 is 0 Å². The Morgan fingerprint density at radius 2 is 2.07 bits per heavy atom. The summed E-state index contributed by atoms with van der Waals surface area (Å²) >= 11 is 2.40. The molecule has 2 heteroatoms. The first kappa shape index (κ1) is 10.4. The topological polar surface area (TPSA) is 12.0 Å². The molecule has 1 saturated carbocycles. The van der Waals surface area contributed by atoms with Crippen LogP contribution in [0.25, 0.3) is 0 Å². The highest BCUT2D eigenvalue weighted by molar-refractivity contribution is 14.1. The van der Waals surface area contributed by atoms with Crippen molar-refractivity contribution in [3.8, 4) is 0 Å². The van der Waals surface area contributed by atoms with Crippen LogP contribution in [0.5, 0.6) is 0 Å². The van der Waals surface area contributed by atoms with Crippen LogP contribution in [0, 0.1) is 8.99 Å². The fourth-order valence-corrected chi connectivity index (χ4v) is 2.27. The van der Waals surface area contributed by atoms with Gasteiger partial charge >= 0.3 is 0 Å². The van der Waals surface area contributed by atoms with Gasteiger partial charge in [0.2, 0.25) is 0 Å². The zero-order valence-corrected chi connectivity index (χ0v) is 10.8. The lowest BCUT2D eigenvalue weighted by molar-refractivity contribution is 0.541. The van der Waals surface area contributed by atoms with Crippen LogP contribution in [0.1, 0.15) is 25.8 Å². The Bertz CT molecular complexity index is 333. The molecule has 0 radical (unpaired) electrons. The molecule has 1 nitrogen and oxygen atoms in total. The summed E-state index contributed by atoms with van der Waals surface area (Å²) in [6.45, 7) is 5.65. The van der Waals surface area contributed by atoms with Crippen LogP contribution in [0.4, 0.5) is 0 Å². The molecular formula is C12H16IN. The van der Waals surface area contributed by atoms with Gasteiger partial charge in [-0.15, -0.1) is 0 Å². The lowest BCUT2D eigenvalue weighted by atomic mass is 10.2. The second-order valence-corrected chi connectivity index (χ2v) is 5.88. The molecule has 0 spiro atoms. The number of rotatable bonds is 3. The average molecular weight is 301 g/mol. The highest BCUT2D eigenvalue weighted by Gasteiger charge is 2.44. The average Bonchev–Trinajstić information content (AvgIpc) is 2.73. The predicted octanol–water partition coefficient (Wildman–Crippen LogP) is 3.18. The van der Waals surface area contributed by atoms with E-state index in [1.54, 1.807) is 0 Å². The van der Waals surface area contributed by atoms with Crippen LogP contribution in [0.3, 0.4) is 0 Å². The molecule has 1 unspecified atom stereocenters. The molecular weight excluding hydrogens is 285 g/mol. The van der Waals surface area contributed by atoms with E-state index in [0.29, 0.717) is 5.41 Å². The van der Waals surface area contributed by atoms with Crippen molar-refractivity contribution in [3.05, 3.63) is 33.4 Å². The Morgan fingerprint density at radius 1 is 1.43 bits per heavy atom. The molecule has 0 bridgehead atoms. The maximum atomic E-state index is 3.60. The summed E-state index contributed by atoms with van der Waals surface area (Å²) in [6.07, 6.45) is 1.32. The van der Waals surface area contributed by atoms with E-state index in [1.807, 2.05) is 0 Å². The molecule has 1 aliphatic carbocycles. The standard InChI is InChI=1S/C12H16IN/c1-12(2)7-11(12)14-8-9-5-3-4-6-10(9)13/h3-6,11,14H,7-8H2,1-2H3. The van der Waals surface area contributed by atoms with Gasteiger partial charge in [-0.05, 0) is 46.1 Å². The highest BCUT2D eigenvalue weighted by atomic mass is 127. The fraction of sp³-hybridized carbons (Fsp3) is 0.500. The zero-order chi connectivity index (χ0) is 10.2. The van der Waals surface area contributed by atoms with Crippen molar-refractivity contribution >= 4 is 22.6 Å². The van der Waals surface area contributed by atoms with Gasteiger partial charge in [-0.3, -0.25) is 0 Å². The summed E-state index contributed by atoms with van der Waals surface area (Å²) in [4.78, 5) is 0. The number of nitrogens with one attached hydrogen (secondary N) is 1. The van der Waals surface area contributed by atoms with Crippen LogP contribution in [-0.2, 0) is 6.54 Å². The summed E-state index contributed by atoms with van der Waals surface area (Å²) in [5.74, 6) is 0. The molecule has 1 fully saturated rings. The number of benzene rings is 1. The maximum Gasteiger partial charge on any atom is 0.0218 e. The second-order valence-electron chi connectivity index (χ2n) is 4.72. The van der Waals surface area contributed by atoms with Crippen molar-refractivity contribution < 1.29 is 0 Å². The van der Waals surface area contributed by atoms with Crippen molar-refractivity contribution in [3.63, 3.8) is 0 Å². The van der Waals surface area contributed by atoms with Crippen molar-refractivity contribution in [2.45, 2.75) is 32.9 Å². The first-order valence-corrected chi connectivity index (χ1v) is 6.14. The fourth-order valence-electron chi connectivity index (χ4n) is 1.69. The van der Waals surface area contributed by atoms with Gasteiger partial charge in [0.25, 0.3) is 0 Å². The summed E-state index contributed by atoms with van der Waals surface area (Å²) < 4.78 is 1.36. The van der Waals surface area contributed by atoms with Gasteiger partial charge in [0.1, 0.15) is 0 Å². The van der Waals surface area contributed by atoms with Gasteiger partial charge in [0.15, 0.2) is 0 Å². The zero-order valence-electron chi connectivity index (χ0n) is 8.68. The van der Waals surface area contributed by atoms with Crippen LogP contribution in [-0.4, -0.2) is 6.04 Å². The van der Waals surface area contributed by atoms with Gasteiger partial charge < -0.3 is 5.32 Å². The molecule has 1 atom stereocenters. The molecule has 2 rings (SSSR count). The van der Waals surface area contributed by atoms with E-state index in [2.05, 4.69) is 66.0 Å². The van der Waals surface area contributed by atoms with Gasteiger partial charge in [0.05, 0.1) is 0 Å². The Hall–Kier alpha value is -0.0900. The molecule has 0 heterocycles. The van der Waals surface area contributed by atoms with Gasteiger partial charge in [-0.2, -0.15) is 0 Å². The first-order chi connectivity index (χ1) is 6.59. The van der Waals surface area contributed by atoms with Crippen molar-refractivity contribution in [1.82, 2.24) is 5.32 Å². The third-order valence-corrected chi connectivity index (χ3v) is 4.06. The molecule has 0 saturated heterocycles. The van der Waals surface area contributed by atoms with Crippen molar-refractivity contribution in [1.29, 1.82) is 0 Å². The molecule has 1 aromatic carbocycles. The van der Waals surface area contributed by atoms with Crippen LogP contribution in [0.2, 0.25) is 0 Å². The number of halogens is 1. The maximum absolute atomic E-state index is 3.60. The van der Waals surface area contributed by atoms with E-state index < -0.39 is 0 Å². The van der Waals surface area contributed by atoms with E-state index in [4.69, 9.17) is 0 Å². The third-order valence-electron chi connectivity index (χ3n) is 3.01. The van der Waals surface area contributed by atoms with E-state index in [1.165, 1.54) is 15.6 Å². The minimum atomic E-state index is 0.528. The summed E-state index contributed by atoms with van der Waals surface area (Å²) in [5, 5.41) is 3.60. The molecule has 76 valence electrons. The van der Waals surface area contributed by atoms with Crippen LogP contribution >= 0.6 is 22.6 Å². The normalized spacial score (nSPS) is 23.5. The lowest BCUT2D eigenvalue weighted by Crippen LogP contribution is -2.20. The first-order valence-electron chi connectivity index (χ1n) is 5.06. The SMILES string of the molecule is CC1(C)CC1NCc1ccccc1I. The van der Waals surface area contributed by atoms with Gasteiger partial charge in [0, 0.05) is 16.2 Å². The summed E-state index contributed by atoms with van der Waals surface area (Å²) in [6, 6.07) is 9.28. The Morgan fingerprint density at radius 3 is 2.64 bits per heavy atom. The molecule has 0 aromatic heterocycles. The largest absolute Gasteiger partial charge is 0.309 e. The minimum absolute atomic E-state index is 0.528. The molecule has 1 aliphatic rings. The Balaban J connectivity index is 1.90. The minimum Gasteiger partial charge on any atom is -0.309 e. The Labute approximate surface area is 99.4 Å². The van der Waals surface area contributed by atoms with Crippen LogP contribution < -0.4 is 5.32 Å². The van der Waals surface area contributed by atoms with E-state index in [-0.39, 0.29) is 0 Å². The monoisotopic (exact) mass is 301 g/mol. The number of hydrogen-bond donors (Lipinski definition) is 1. The molecule has 0 aliphatic heterocycles. The van der Waals surface area contributed by atoms with E-state index in [0.717, 1.165) is 12.6 Å². The molecule has 1 aromatic rings. The molecule has 14 heavy (non-hydrogen) atoms.